The number of ether oxygens (including phenoxy) is 2. The lowest BCUT2D eigenvalue weighted by atomic mass is 9.33. The summed E-state index contributed by atoms with van der Waals surface area (Å²) >= 11 is 0. The Morgan fingerprint density at radius 1 is 0.262 bits per heavy atom. The third-order valence-electron chi connectivity index (χ3n) is 23.2. The van der Waals surface area contributed by atoms with E-state index in [0.29, 0.717) is 0 Å². The van der Waals surface area contributed by atoms with Crippen LogP contribution in [-0.2, 0) is 32.5 Å². The Morgan fingerprint density at radius 3 is 1.22 bits per heavy atom. The second-order valence-electron chi connectivity index (χ2n) is 34.1. The third-order valence-corrected chi connectivity index (χ3v) is 23.2. The van der Waals surface area contributed by atoms with E-state index in [0.717, 1.165) is 90.5 Å². The summed E-state index contributed by atoms with van der Waals surface area (Å²) in [4.78, 5) is 5.29. The summed E-state index contributed by atoms with van der Waals surface area (Å²) in [6.07, 6.45) is 0. The molecule has 1 aliphatic carbocycles. The van der Waals surface area contributed by atoms with Crippen molar-refractivity contribution in [2.45, 2.75) is 129 Å². The lowest BCUT2D eigenvalue weighted by molar-refractivity contribution is 0.418. The lowest BCUT2D eigenvalue weighted by Crippen LogP contribution is -2.61. The normalized spacial score (nSPS) is 14.8. The van der Waals surface area contributed by atoms with Crippen LogP contribution in [0.5, 0.6) is 23.0 Å². The van der Waals surface area contributed by atoms with E-state index in [1.807, 2.05) is 0 Å². The highest BCUT2D eigenvalue weighted by molar-refractivity contribution is 7.00. The molecule has 1 spiro atoms. The van der Waals surface area contributed by atoms with Crippen LogP contribution in [0.1, 0.15) is 153 Å². The quantitative estimate of drug-likeness (QED) is 0.155. The molecule has 103 heavy (non-hydrogen) atoms. The first-order chi connectivity index (χ1) is 49.3. The number of hydrogen-bond donors (Lipinski definition) is 0. The van der Waals surface area contributed by atoms with Crippen LogP contribution in [0.2, 0.25) is 0 Å². The van der Waals surface area contributed by atoms with Gasteiger partial charge in [-0.3, -0.25) is 0 Å². The van der Waals surface area contributed by atoms with Gasteiger partial charge in [-0.05, 0) is 171 Å². The van der Waals surface area contributed by atoms with Crippen LogP contribution in [0.25, 0.3) is 55.6 Å². The number of nitrogens with zero attached hydrogens (tertiary/aromatic N) is 2. The highest BCUT2D eigenvalue weighted by Gasteiger charge is 2.52. The summed E-state index contributed by atoms with van der Waals surface area (Å²) in [6.45, 7) is 32.7. The first-order valence-electron chi connectivity index (χ1n) is 36.9. The molecule has 4 nitrogen and oxygen atoms in total. The smallest absolute Gasteiger partial charge is 0.252 e. The molecule has 0 atom stereocenters. The van der Waals surface area contributed by atoms with Crippen molar-refractivity contribution in [1.29, 1.82) is 0 Å². The number of anilines is 6. The van der Waals surface area contributed by atoms with Crippen molar-refractivity contribution >= 4 is 57.2 Å². The van der Waals surface area contributed by atoms with Crippen LogP contribution in [0.15, 0.2) is 273 Å². The molecule has 0 amide bonds. The second-order valence-corrected chi connectivity index (χ2v) is 34.1. The fourth-order valence-electron chi connectivity index (χ4n) is 17.6. The molecule has 5 aliphatic rings. The Balaban J connectivity index is 0.990. The molecule has 0 bridgehead atoms. The highest BCUT2D eigenvalue weighted by atomic mass is 16.5. The summed E-state index contributed by atoms with van der Waals surface area (Å²) in [5, 5.41) is 0. The maximum absolute atomic E-state index is 7.33. The lowest BCUT2D eigenvalue weighted by Gasteiger charge is -2.46. The van der Waals surface area contributed by atoms with Crippen LogP contribution in [-0.4, -0.2) is 6.71 Å². The minimum Gasteiger partial charge on any atom is -0.457 e. The molecule has 0 N–H and O–H groups in total. The third kappa shape index (κ3) is 9.99. The van der Waals surface area contributed by atoms with Crippen LogP contribution < -0.4 is 35.7 Å². The number of para-hydroxylation sites is 4. The van der Waals surface area contributed by atoms with E-state index < -0.39 is 10.8 Å². The summed E-state index contributed by atoms with van der Waals surface area (Å²) < 4.78 is 14.5. The minimum atomic E-state index is -0.683. The SMILES string of the molecule is CC(C)(C)c1cc(-c2ccccc2N2c3ccc(-c4ccccc4)cc3B3c4cc5c(cc4N(c4ccccc4-c4cc(C(C)(C)C)cc(C(C)(C)C)c4)c4cc(-c6ccc7c(c6)C6(c8ccccc8O7)c7ccccc7-c7ccccc76)cc2c43)Oc2ccccc2C5(C)C)cc(C(C)(C)C)c1. The first kappa shape index (κ1) is 64.2. The standard InChI is InChI=1S/C98H87BN2O2/c1-93(2,3)66-48-64(49-67(56-66)94(4,5)6)70-32-20-26-40-82(70)100-84-46-44-62(60-30-16-15-17-31-60)53-80(84)99-81-58-78-91(103-88-42-28-24-38-76(88)97(78,13)14)59-85(81)101(83-41-27-21-33-71(83)65-50-68(95(7,8)9)57-69(51-65)96(10,11)12)87-55-63(54-86(100)92(87)99)61-45-47-90-79(52-61)98(77-39-25-29-43-89(77)102-90)74-36-22-18-34-72(74)73-35-19-23-37-75(73)98/h15-59H,1-14H3. The molecule has 5 heteroatoms. The molecule has 504 valence electrons. The predicted octanol–water partition coefficient (Wildman–Crippen LogP) is 24.5. The van der Waals surface area contributed by atoms with E-state index in [1.54, 1.807) is 0 Å². The molecule has 0 radical (unpaired) electrons. The zero-order chi connectivity index (χ0) is 71.0. The molecule has 0 unspecified atom stereocenters. The van der Waals surface area contributed by atoms with E-state index in [4.69, 9.17) is 9.47 Å². The van der Waals surface area contributed by atoms with Crippen LogP contribution in [0.3, 0.4) is 0 Å². The van der Waals surface area contributed by atoms with Crippen LogP contribution in [0.4, 0.5) is 34.1 Å². The van der Waals surface area contributed by atoms with Crippen molar-refractivity contribution in [3.05, 3.63) is 329 Å². The van der Waals surface area contributed by atoms with E-state index >= 15 is 0 Å². The van der Waals surface area contributed by atoms with Gasteiger partial charge >= 0.3 is 0 Å². The molecule has 13 aromatic carbocycles. The summed E-state index contributed by atoms with van der Waals surface area (Å²) in [7, 11) is 0. The number of hydrogen-bond acceptors (Lipinski definition) is 4. The maximum atomic E-state index is 7.33. The van der Waals surface area contributed by atoms with Gasteiger partial charge in [0.2, 0.25) is 0 Å². The molecule has 18 rings (SSSR count). The topological polar surface area (TPSA) is 24.9 Å². The van der Waals surface area contributed by atoms with Gasteiger partial charge in [-0.15, -0.1) is 0 Å². The molecule has 0 fully saturated rings. The number of rotatable bonds is 6. The highest BCUT2D eigenvalue weighted by Crippen LogP contribution is 2.63. The Bertz CT molecular complexity index is 5580. The van der Waals surface area contributed by atoms with E-state index in [1.165, 1.54) is 94.3 Å². The predicted molar refractivity (Wildman–Crippen MR) is 433 cm³/mol. The van der Waals surface area contributed by atoms with Crippen LogP contribution >= 0.6 is 0 Å². The van der Waals surface area contributed by atoms with Crippen molar-refractivity contribution < 1.29 is 9.47 Å². The van der Waals surface area contributed by atoms with Gasteiger partial charge in [0.15, 0.2) is 0 Å². The van der Waals surface area contributed by atoms with Gasteiger partial charge < -0.3 is 19.3 Å². The summed E-state index contributed by atoms with van der Waals surface area (Å²) in [5.74, 6) is 3.48. The van der Waals surface area contributed by atoms with Gasteiger partial charge in [0, 0.05) is 67.6 Å². The maximum Gasteiger partial charge on any atom is 0.252 e. The first-order valence-corrected chi connectivity index (χ1v) is 36.9. The van der Waals surface area contributed by atoms with Crippen molar-refractivity contribution in [2.24, 2.45) is 0 Å². The number of benzene rings is 13. The Kier molecular flexibility index (Phi) is 14.2. The average Bonchev–Trinajstić information content (AvgIpc) is 1.68. The van der Waals surface area contributed by atoms with Crippen molar-refractivity contribution in [3.63, 3.8) is 0 Å². The number of fused-ring (bicyclic) bond motifs is 15. The Labute approximate surface area is 609 Å². The minimum absolute atomic E-state index is 0.114. The largest absolute Gasteiger partial charge is 0.457 e. The molecule has 4 aliphatic heterocycles. The molecule has 0 saturated heterocycles. The molecule has 13 aromatic rings. The fourth-order valence-corrected chi connectivity index (χ4v) is 17.6. The van der Waals surface area contributed by atoms with E-state index in [2.05, 4.69) is 380 Å². The zero-order valence-corrected chi connectivity index (χ0v) is 61.8. The van der Waals surface area contributed by atoms with Gasteiger partial charge in [0.1, 0.15) is 23.0 Å². The van der Waals surface area contributed by atoms with E-state index in [-0.39, 0.29) is 28.4 Å². The van der Waals surface area contributed by atoms with Crippen molar-refractivity contribution in [3.8, 4) is 78.6 Å². The van der Waals surface area contributed by atoms with Gasteiger partial charge in [-0.1, -0.05) is 309 Å². The van der Waals surface area contributed by atoms with Crippen molar-refractivity contribution in [1.82, 2.24) is 0 Å². The van der Waals surface area contributed by atoms with Gasteiger partial charge in [-0.25, -0.2) is 0 Å². The summed E-state index contributed by atoms with van der Waals surface area (Å²) in [5.41, 5.74) is 32.8. The Morgan fingerprint density at radius 2 is 0.680 bits per heavy atom. The molecular weight excluding hydrogens is 1250 g/mol. The van der Waals surface area contributed by atoms with Gasteiger partial charge in [-0.2, -0.15) is 0 Å². The van der Waals surface area contributed by atoms with E-state index in [9.17, 15) is 0 Å². The summed E-state index contributed by atoms with van der Waals surface area (Å²) in [6, 6.07) is 104. The molecule has 0 aromatic heterocycles. The molecule has 4 heterocycles. The average molecular weight is 1340 g/mol. The zero-order valence-electron chi connectivity index (χ0n) is 61.8. The van der Waals surface area contributed by atoms with Gasteiger partial charge in [0.25, 0.3) is 6.71 Å². The van der Waals surface area contributed by atoms with Gasteiger partial charge in [0.05, 0.1) is 16.8 Å². The van der Waals surface area contributed by atoms with Crippen LogP contribution in [0, 0.1) is 0 Å². The second kappa shape index (κ2) is 22.8. The fraction of sp³-hybridized carbons (Fsp3) is 0.204. The van der Waals surface area contributed by atoms with Crippen molar-refractivity contribution in [2.75, 3.05) is 9.80 Å². The Hall–Kier alpha value is -10.9. The molecule has 0 saturated carbocycles. The monoisotopic (exact) mass is 1330 g/mol. The molecular formula is C98H87BN2O2.